The first-order valence-electron chi connectivity index (χ1n) is 6.92. The minimum atomic E-state index is -0.382. The molecule has 0 aromatic heterocycles. The van der Waals surface area contributed by atoms with Gasteiger partial charge in [-0.05, 0) is 43.5 Å². The van der Waals surface area contributed by atoms with Gasteiger partial charge in [-0.3, -0.25) is 9.69 Å². The summed E-state index contributed by atoms with van der Waals surface area (Å²) in [6.45, 7) is 5.36. The van der Waals surface area contributed by atoms with Gasteiger partial charge in [-0.25, -0.2) is 4.39 Å². The van der Waals surface area contributed by atoms with Crippen LogP contribution in [0.25, 0.3) is 0 Å². The Labute approximate surface area is 118 Å². The van der Waals surface area contributed by atoms with E-state index < -0.39 is 0 Å². The van der Waals surface area contributed by atoms with Crippen molar-refractivity contribution >= 4 is 11.6 Å². The number of nitrogens with zero attached hydrogens (tertiary/aromatic N) is 1. The van der Waals surface area contributed by atoms with Gasteiger partial charge >= 0.3 is 0 Å². The summed E-state index contributed by atoms with van der Waals surface area (Å²) in [5.74, 6) is -0.270. The molecule has 1 saturated heterocycles. The predicted molar refractivity (Wildman–Crippen MR) is 76.0 cm³/mol. The van der Waals surface area contributed by atoms with E-state index >= 15 is 0 Å². The van der Waals surface area contributed by atoms with Gasteiger partial charge in [0.1, 0.15) is 5.82 Å². The summed E-state index contributed by atoms with van der Waals surface area (Å²) in [5.41, 5.74) is 1.33. The number of anilines is 1. The van der Waals surface area contributed by atoms with E-state index in [0.717, 1.165) is 18.5 Å². The molecule has 1 fully saturated rings. The summed E-state index contributed by atoms with van der Waals surface area (Å²) in [4.78, 5) is 13.9. The Kier molecular flexibility index (Phi) is 4.73. The minimum Gasteiger partial charge on any atom is -0.392 e. The number of rotatable bonds is 3. The molecule has 20 heavy (non-hydrogen) atoms. The number of likely N-dealkylation sites (tertiary alicyclic amines) is 1. The highest BCUT2D eigenvalue weighted by Crippen LogP contribution is 2.18. The number of aliphatic hydroxyl groups excluding tert-OH is 1. The molecular formula is C15H21FN2O2. The molecule has 0 radical (unpaired) electrons. The molecule has 1 amide bonds. The molecule has 2 N–H and O–H groups in total. The van der Waals surface area contributed by atoms with Crippen LogP contribution in [0.3, 0.4) is 0 Å². The Balaban J connectivity index is 1.91. The zero-order valence-corrected chi connectivity index (χ0v) is 11.9. The molecule has 1 aliphatic heterocycles. The lowest BCUT2D eigenvalue weighted by atomic mass is 9.96. The Morgan fingerprint density at radius 2 is 2.30 bits per heavy atom. The van der Waals surface area contributed by atoms with E-state index in [4.69, 9.17) is 0 Å². The minimum absolute atomic E-state index is 0.180. The number of benzene rings is 1. The summed E-state index contributed by atoms with van der Waals surface area (Å²) < 4.78 is 13.2. The maximum atomic E-state index is 13.2. The molecule has 1 aromatic carbocycles. The second kappa shape index (κ2) is 6.33. The molecule has 4 nitrogen and oxygen atoms in total. The first-order valence-corrected chi connectivity index (χ1v) is 6.92. The van der Waals surface area contributed by atoms with E-state index in [9.17, 15) is 14.3 Å². The highest BCUT2D eigenvalue weighted by Gasteiger charge is 2.25. The molecule has 1 heterocycles. The number of carbonyl (C=O) groups excluding carboxylic acids is 1. The van der Waals surface area contributed by atoms with Crippen LogP contribution >= 0.6 is 0 Å². The summed E-state index contributed by atoms with van der Waals surface area (Å²) >= 11 is 0. The number of carbonyl (C=O) groups is 1. The molecule has 2 unspecified atom stereocenters. The van der Waals surface area contributed by atoms with Crippen molar-refractivity contribution in [1.82, 2.24) is 4.90 Å². The number of aliphatic hydroxyl groups is 1. The number of piperidine rings is 1. The number of β-amino-alcohol motifs (C(OH)–C–C–N with tert-alkyl or cyclic N) is 1. The van der Waals surface area contributed by atoms with Crippen LogP contribution < -0.4 is 5.32 Å². The molecule has 0 spiro atoms. The topological polar surface area (TPSA) is 52.6 Å². The summed E-state index contributed by atoms with van der Waals surface area (Å²) in [7, 11) is 0. The van der Waals surface area contributed by atoms with Gasteiger partial charge in [0.2, 0.25) is 5.91 Å². The van der Waals surface area contributed by atoms with Gasteiger partial charge in [-0.1, -0.05) is 13.0 Å². The van der Waals surface area contributed by atoms with Crippen LogP contribution in [0.2, 0.25) is 0 Å². The van der Waals surface area contributed by atoms with Crippen molar-refractivity contribution in [2.45, 2.75) is 26.4 Å². The largest absolute Gasteiger partial charge is 0.392 e. The van der Waals surface area contributed by atoms with Crippen molar-refractivity contribution in [3.63, 3.8) is 0 Å². The summed E-state index contributed by atoms with van der Waals surface area (Å²) in [6, 6.07) is 4.32. The zero-order chi connectivity index (χ0) is 14.7. The second-order valence-corrected chi connectivity index (χ2v) is 5.58. The first-order chi connectivity index (χ1) is 9.45. The molecule has 2 atom stereocenters. The SMILES string of the molecule is Cc1ccc(F)cc1NC(=O)CN1CCC(C)C(O)C1. The van der Waals surface area contributed by atoms with Gasteiger partial charge in [0.25, 0.3) is 0 Å². The molecule has 0 aliphatic carbocycles. The molecule has 0 bridgehead atoms. The third-order valence-electron chi connectivity index (χ3n) is 3.84. The second-order valence-electron chi connectivity index (χ2n) is 5.58. The fourth-order valence-corrected chi connectivity index (χ4v) is 2.38. The van der Waals surface area contributed by atoms with E-state index in [1.54, 1.807) is 6.07 Å². The van der Waals surface area contributed by atoms with Crippen molar-refractivity contribution in [1.29, 1.82) is 0 Å². The van der Waals surface area contributed by atoms with Gasteiger partial charge in [-0.15, -0.1) is 0 Å². The van der Waals surface area contributed by atoms with Crippen molar-refractivity contribution in [2.24, 2.45) is 5.92 Å². The van der Waals surface area contributed by atoms with E-state index in [1.165, 1.54) is 12.1 Å². The van der Waals surface area contributed by atoms with Crippen molar-refractivity contribution in [3.8, 4) is 0 Å². The van der Waals surface area contributed by atoms with Crippen molar-refractivity contribution in [2.75, 3.05) is 25.0 Å². The average molecular weight is 280 g/mol. The number of nitrogens with one attached hydrogen (secondary N) is 1. The predicted octanol–water partition coefficient (Wildman–Crippen LogP) is 1.78. The molecule has 5 heteroatoms. The Morgan fingerprint density at radius 1 is 1.55 bits per heavy atom. The maximum absolute atomic E-state index is 13.2. The Hall–Kier alpha value is -1.46. The highest BCUT2D eigenvalue weighted by molar-refractivity contribution is 5.92. The number of hydrogen-bond acceptors (Lipinski definition) is 3. The molecule has 0 saturated carbocycles. The fourth-order valence-electron chi connectivity index (χ4n) is 2.38. The summed E-state index contributed by atoms with van der Waals surface area (Å²) in [6.07, 6.45) is 0.500. The normalized spacial score (nSPS) is 23.6. The van der Waals surface area contributed by atoms with Crippen LogP contribution in [0.15, 0.2) is 18.2 Å². The highest BCUT2D eigenvalue weighted by atomic mass is 19.1. The van der Waals surface area contributed by atoms with Crippen LogP contribution in [0.1, 0.15) is 18.9 Å². The summed E-state index contributed by atoms with van der Waals surface area (Å²) in [5, 5.41) is 12.5. The van der Waals surface area contributed by atoms with Gasteiger partial charge in [0.15, 0.2) is 0 Å². The number of aryl methyl sites for hydroxylation is 1. The quantitative estimate of drug-likeness (QED) is 0.887. The molecule has 110 valence electrons. The maximum Gasteiger partial charge on any atom is 0.238 e. The Morgan fingerprint density at radius 3 is 3.00 bits per heavy atom. The third kappa shape index (κ3) is 3.77. The van der Waals surface area contributed by atoms with Gasteiger partial charge < -0.3 is 10.4 Å². The molecular weight excluding hydrogens is 259 g/mol. The molecule has 2 rings (SSSR count). The van der Waals surface area contributed by atoms with Crippen molar-refractivity contribution < 1.29 is 14.3 Å². The number of halogens is 1. The number of hydrogen-bond donors (Lipinski definition) is 2. The van der Waals surface area contributed by atoms with Crippen molar-refractivity contribution in [3.05, 3.63) is 29.6 Å². The molecule has 1 aliphatic rings. The smallest absolute Gasteiger partial charge is 0.238 e. The zero-order valence-electron chi connectivity index (χ0n) is 11.9. The van der Waals surface area contributed by atoms with Crippen LogP contribution in [-0.4, -0.2) is 41.7 Å². The van der Waals surface area contributed by atoms with Gasteiger partial charge in [-0.2, -0.15) is 0 Å². The first kappa shape index (κ1) is 14.9. The molecule has 1 aromatic rings. The van der Waals surface area contributed by atoms with E-state index in [0.29, 0.717) is 12.2 Å². The van der Waals surface area contributed by atoms with Crippen LogP contribution in [0.5, 0.6) is 0 Å². The third-order valence-corrected chi connectivity index (χ3v) is 3.84. The Bertz CT molecular complexity index is 493. The van der Waals surface area contributed by atoms with Gasteiger partial charge in [0, 0.05) is 12.2 Å². The van der Waals surface area contributed by atoms with E-state index in [1.807, 2.05) is 18.7 Å². The fraction of sp³-hybridized carbons (Fsp3) is 0.533. The van der Waals surface area contributed by atoms with E-state index in [-0.39, 0.29) is 30.3 Å². The lowest BCUT2D eigenvalue weighted by molar-refractivity contribution is -0.118. The standard InChI is InChI=1S/C15H21FN2O2/c1-10-3-4-12(16)7-13(10)17-15(20)9-18-6-5-11(2)14(19)8-18/h3-4,7,11,14,19H,5-6,8-9H2,1-2H3,(H,17,20). The average Bonchev–Trinajstić information content (AvgIpc) is 2.38. The van der Waals surface area contributed by atoms with E-state index in [2.05, 4.69) is 5.32 Å². The lowest BCUT2D eigenvalue weighted by Gasteiger charge is -2.33. The monoisotopic (exact) mass is 280 g/mol. The van der Waals surface area contributed by atoms with Gasteiger partial charge in [0.05, 0.1) is 12.6 Å². The van der Waals surface area contributed by atoms with Crippen LogP contribution in [0, 0.1) is 18.7 Å². The van der Waals surface area contributed by atoms with Crippen LogP contribution in [-0.2, 0) is 4.79 Å². The lowest BCUT2D eigenvalue weighted by Crippen LogP contribution is -2.45. The number of amides is 1. The van der Waals surface area contributed by atoms with Crippen LogP contribution in [0.4, 0.5) is 10.1 Å².